The number of rotatable bonds is 4. The van der Waals surface area contributed by atoms with Crippen LogP contribution in [0.25, 0.3) is 10.9 Å². The topological polar surface area (TPSA) is 78.4 Å². The second-order valence-corrected chi connectivity index (χ2v) is 9.10. The molecule has 1 N–H and O–H groups in total. The number of aromatic nitrogens is 2. The van der Waals surface area contributed by atoms with Crippen molar-refractivity contribution < 1.29 is 9.59 Å². The van der Waals surface area contributed by atoms with Gasteiger partial charge in [-0.25, -0.2) is 9.97 Å². The number of carbonyl (C=O) groups is 2. The van der Waals surface area contributed by atoms with E-state index in [1.54, 1.807) is 12.1 Å². The molecule has 7 nitrogen and oxygen atoms in total. The maximum Gasteiger partial charge on any atom is 0.257 e. The quantitative estimate of drug-likeness (QED) is 0.621. The minimum atomic E-state index is -0.153. The van der Waals surface area contributed by atoms with Gasteiger partial charge in [-0.05, 0) is 49.9 Å². The number of nitrogens with zero attached hydrogens (tertiary/aromatic N) is 4. The van der Waals surface area contributed by atoms with Gasteiger partial charge in [0, 0.05) is 43.7 Å². The Kier molecular flexibility index (Phi) is 6.13. The Balaban J connectivity index is 1.30. The third-order valence-corrected chi connectivity index (χ3v) is 6.70. The number of fused-ring (bicyclic) bond motifs is 1. The molecule has 33 heavy (non-hydrogen) atoms. The van der Waals surface area contributed by atoms with Gasteiger partial charge < -0.3 is 15.1 Å². The van der Waals surface area contributed by atoms with E-state index in [4.69, 9.17) is 16.6 Å². The molecule has 0 spiro atoms. The minimum Gasteiger partial charge on any atom is -0.356 e. The number of para-hydroxylation sites is 1. The van der Waals surface area contributed by atoms with Crippen LogP contribution in [0.15, 0.2) is 48.7 Å². The first kappa shape index (κ1) is 21.6. The second-order valence-electron chi connectivity index (χ2n) is 8.66. The average Bonchev–Trinajstić information content (AvgIpc) is 3.39. The van der Waals surface area contributed by atoms with E-state index in [1.165, 1.54) is 6.20 Å². The molecule has 4 heterocycles. The maximum absolute atomic E-state index is 13.6. The highest BCUT2D eigenvalue weighted by atomic mass is 35.5. The number of nitrogens with one attached hydrogen (secondary N) is 1. The SMILES string of the molecule is O=C(Nc1ccc(Cl)cn1)C1CCN(C(=O)c2cc3ccccc3nc2N2CCCC2)CC1. The molecular weight excluding hydrogens is 438 g/mol. The predicted molar refractivity (Wildman–Crippen MR) is 130 cm³/mol. The molecule has 2 amide bonds. The molecule has 2 saturated heterocycles. The van der Waals surface area contributed by atoms with Gasteiger partial charge in [-0.2, -0.15) is 0 Å². The zero-order valence-corrected chi connectivity index (χ0v) is 19.1. The number of pyridine rings is 2. The van der Waals surface area contributed by atoms with Crippen molar-refractivity contribution in [3.63, 3.8) is 0 Å². The first-order chi connectivity index (χ1) is 16.1. The van der Waals surface area contributed by atoms with Gasteiger partial charge in [0.2, 0.25) is 5.91 Å². The van der Waals surface area contributed by atoms with Crippen molar-refractivity contribution in [2.24, 2.45) is 5.92 Å². The fourth-order valence-electron chi connectivity index (χ4n) is 4.63. The van der Waals surface area contributed by atoms with E-state index in [9.17, 15) is 9.59 Å². The summed E-state index contributed by atoms with van der Waals surface area (Å²) >= 11 is 5.86. The Morgan fingerprint density at radius 1 is 1.00 bits per heavy atom. The Bertz CT molecular complexity index is 1170. The average molecular weight is 464 g/mol. The van der Waals surface area contributed by atoms with Gasteiger partial charge in [0.15, 0.2) is 0 Å². The van der Waals surface area contributed by atoms with Gasteiger partial charge in [0.25, 0.3) is 5.91 Å². The molecule has 0 radical (unpaired) electrons. The fraction of sp³-hybridized carbons (Fsp3) is 0.360. The van der Waals surface area contributed by atoms with Crippen LogP contribution < -0.4 is 10.2 Å². The van der Waals surface area contributed by atoms with Crippen molar-refractivity contribution in [3.8, 4) is 0 Å². The molecular formula is C25H26ClN5O2. The molecule has 3 aromatic rings. The Labute approximate surface area is 197 Å². The lowest BCUT2D eigenvalue weighted by Gasteiger charge is -2.32. The fourth-order valence-corrected chi connectivity index (χ4v) is 4.74. The number of benzene rings is 1. The van der Waals surface area contributed by atoms with Gasteiger partial charge in [0.05, 0.1) is 16.1 Å². The van der Waals surface area contributed by atoms with Crippen molar-refractivity contribution in [1.82, 2.24) is 14.9 Å². The summed E-state index contributed by atoms with van der Waals surface area (Å²) in [7, 11) is 0. The highest BCUT2D eigenvalue weighted by Crippen LogP contribution is 2.29. The summed E-state index contributed by atoms with van der Waals surface area (Å²) < 4.78 is 0. The van der Waals surface area contributed by atoms with Gasteiger partial charge in [-0.1, -0.05) is 29.8 Å². The highest BCUT2D eigenvalue weighted by Gasteiger charge is 2.30. The van der Waals surface area contributed by atoms with E-state index in [0.717, 1.165) is 42.7 Å². The lowest BCUT2D eigenvalue weighted by atomic mass is 9.95. The van der Waals surface area contributed by atoms with E-state index in [2.05, 4.69) is 15.2 Å². The molecule has 0 unspecified atom stereocenters. The molecule has 0 bridgehead atoms. The van der Waals surface area contributed by atoms with Crippen LogP contribution in [0.2, 0.25) is 5.02 Å². The monoisotopic (exact) mass is 463 g/mol. The first-order valence-electron chi connectivity index (χ1n) is 11.4. The number of likely N-dealkylation sites (tertiary alicyclic amines) is 1. The highest BCUT2D eigenvalue weighted by molar-refractivity contribution is 6.30. The summed E-state index contributed by atoms with van der Waals surface area (Å²) in [6, 6.07) is 13.3. The molecule has 170 valence electrons. The molecule has 0 atom stereocenters. The largest absolute Gasteiger partial charge is 0.356 e. The van der Waals surface area contributed by atoms with Crippen molar-refractivity contribution in [2.75, 3.05) is 36.4 Å². The molecule has 2 aromatic heterocycles. The maximum atomic E-state index is 13.6. The molecule has 8 heteroatoms. The number of carbonyl (C=O) groups excluding carboxylic acids is 2. The third kappa shape index (κ3) is 4.64. The number of piperidine rings is 1. The zero-order valence-electron chi connectivity index (χ0n) is 18.3. The predicted octanol–water partition coefficient (Wildman–Crippen LogP) is 4.37. The minimum absolute atomic E-state index is 0.00613. The van der Waals surface area contributed by atoms with Crippen molar-refractivity contribution in [2.45, 2.75) is 25.7 Å². The van der Waals surface area contributed by atoms with E-state index >= 15 is 0 Å². The smallest absolute Gasteiger partial charge is 0.257 e. The van der Waals surface area contributed by atoms with Gasteiger partial charge in [-0.3, -0.25) is 9.59 Å². The number of hydrogen-bond acceptors (Lipinski definition) is 5. The Morgan fingerprint density at radius 2 is 1.76 bits per heavy atom. The number of anilines is 2. The van der Waals surface area contributed by atoms with E-state index in [1.807, 2.05) is 35.2 Å². The Morgan fingerprint density at radius 3 is 2.48 bits per heavy atom. The van der Waals surface area contributed by atoms with Crippen LogP contribution in [0.5, 0.6) is 0 Å². The van der Waals surface area contributed by atoms with Gasteiger partial charge in [0.1, 0.15) is 11.6 Å². The number of hydrogen-bond donors (Lipinski definition) is 1. The third-order valence-electron chi connectivity index (χ3n) is 6.47. The summed E-state index contributed by atoms with van der Waals surface area (Å²) in [4.78, 5) is 39.3. The molecule has 0 saturated carbocycles. The Hall–Kier alpha value is -3.19. The van der Waals surface area contributed by atoms with Crippen molar-refractivity contribution in [3.05, 3.63) is 59.2 Å². The molecule has 5 rings (SSSR count). The zero-order chi connectivity index (χ0) is 22.8. The molecule has 2 aliphatic heterocycles. The summed E-state index contributed by atoms with van der Waals surface area (Å²) in [6.07, 6.45) is 4.97. The van der Waals surface area contributed by atoms with Crippen LogP contribution in [-0.4, -0.2) is 52.9 Å². The standard InChI is InChI=1S/C25H26ClN5O2/c26-19-7-8-22(27-16-19)29-24(32)17-9-13-31(14-10-17)25(33)20-15-18-5-1-2-6-21(18)28-23(20)30-11-3-4-12-30/h1-2,5-8,15-17H,3-4,9-14H2,(H,27,29,32). The van der Waals surface area contributed by atoms with E-state index < -0.39 is 0 Å². The van der Waals surface area contributed by atoms with Crippen LogP contribution in [-0.2, 0) is 4.79 Å². The van der Waals surface area contributed by atoms with Crippen LogP contribution in [0.3, 0.4) is 0 Å². The van der Waals surface area contributed by atoms with Crippen LogP contribution in [0.1, 0.15) is 36.0 Å². The summed E-state index contributed by atoms with van der Waals surface area (Å²) in [5.41, 5.74) is 1.56. The number of amides is 2. The van der Waals surface area contributed by atoms with Gasteiger partial charge in [-0.15, -0.1) is 0 Å². The second kappa shape index (κ2) is 9.35. The molecule has 1 aromatic carbocycles. The van der Waals surface area contributed by atoms with E-state index in [-0.39, 0.29) is 17.7 Å². The van der Waals surface area contributed by atoms with Crippen LogP contribution in [0.4, 0.5) is 11.6 Å². The first-order valence-corrected chi connectivity index (χ1v) is 11.8. The van der Waals surface area contributed by atoms with Crippen molar-refractivity contribution >= 4 is 46.0 Å². The van der Waals surface area contributed by atoms with Crippen molar-refractivity contribution in [1.29, 1.82) is 0 Å². The lowest BCUT2D eigenvalue weighted by molar-refractivity contribution is -0.121. The van der Waals surface area contributed by atoms with Crippen LogP contribution in [0, 0.1) is 5.92 Å². The normalized spacial score (nSPS) is 16.9. The summed E-state index contributed by atoms with van der Waals surface area (Å²) in [5, 5.41) is 4.34. The number of halogens is 1. The van der Waals surface area contributed by atoms with E-state index in [0.29, 0.717) is 42.3 Å². The molecule has 2 fully saturated rings. The molecule has 0 aliphatic carbocycles. The molecule has 2 aliphatic rings. The summed E-state index contributed by atoms with van der Waals surface area (Å²) in [6.45, 7) is 2.92. The lowest BCUT2D eigenvalue weighted by Crippen LogP contribution is -2.42. The summed E-state index contributed by atoms with van der Waals surface area (Å²) in [5.74, 6) is 1.04. The van der Waals surface area contributed by atoms with Gasteiger partial charge >= 0.3 is 0 Å². The van der Waals surface area contributed by atoms with Crippen LogP contribution >= 0.6 is 11.6 Å².